The molecule has 5 nitrogen and oxygen atoms in total. The third-order valence-corrected chi connectivity index (χ3v) is 5.61. The first-order chi connectivity index (χ1) is 13.2. The Morgan fingerprint density at radius 3 is 2.44 bits per heavy atom. The van der Waals surface area contributed by atoms with Gasteiger partial charge in [0.05, 0.1) is 18.8 Å². The van der Waals surface area contributed by atoms with Crippen LogP contribution in [-0.2, 0) is 9.47 Å². The van der Waals surface area contributed by atoms with Gasteiger partial charge in [-0.15, -0.1) is 0 Å². The maximum absolute atomic E-state index is 12.9. The van der Waals surface area contributed by atoms with Crippen molar-refractivity contribution < 1.29 is 19.0 Å². The molecule has 1 aromatic heterocycles. The first kappa shape index (κ1) is 18.3. The van der Waals surface area contributed by atoms with E-state index in [9.17, 15) is 9.90 Å². The van der Waals surface area contributed by atoms with Crippen LogP contribution in [0.25, 0.3) is 0 Å². The number of rotatable bonds is 7. The van der Waals surface area contributed by atoms with Crippen molar-refractivity contribution in [2.75, 3.05) is 13.2 Å². The molecule has 4 rings (SSSR count). The van der Waals surface area contributed by atoms with Gasteiger partial charge in [0.1, 0.15) is 11.5 Å². The first-order valence-electron chi connectivity index (χ1n) is 9.82. The van der Waals surface area contributed by atoms with E-state index in [0.717, 1.165) is 24.8 Å². The van der Waals surface area contributed by atoms with Gasteiger partial charge in [-0.2, -0.15) is 0 Å². The Bertz CT molecular complexity index is 818. The van der Waals surface area contributed by atoms with Crippen LogP contribution in [0, 0.1) is 5.92 Å². The zero-order chi connectivity index (χ0) is 18.8. The van der Waals surface area contributed by atoms with Crippen molar-refractivity contribution in [2.24, 2.45) is 5.92 Å². The molecule has 0 amide bonds. The van der Waals surface area contributed by atoms with Gasteiger partial charge < -0.3 is 19.0 Å². The minimum atomic E-state index is -0.433. The normalized spacial score (nSPS) is 19.9. The molecule has 0 spiro atoms. The predicted octanol–water partition coefficient (Wildman–Crippen LogP) is 4.14. The van der Waals surface area contributed by atoms with E-state index in [-0.39, 0.29) is 23.9 Å². The lowest BCUT2D eigenvalue weighted by Crippen LogP contribution is -2.19. The highest BCUT2D eigenvalue weighted by molar-refractivity contribution is 5.41. The van der Waals surface area contributed by atoms with Gasteiger partial charge in [-0.1, -0.05) is 37.3 Å². The second kappa shape index (κ2) is 7.87. The van der Waals surface area contributed by atoms with Crippen molar-refractivity contribution in [2.45, 2.75) is 50.7 Å². The Balaban J connectivity index is 1.65. The standard InChI is InChI=1S/C22H26O5/c1-2-14(12-19-25-10-11-26-19)18-13-17(23)21(22(24)27-18)20(16-8-9-16)15-6-4-3-5-7-15/h3-7,13-14,16,19-20,23H,2,8-12H2,1H3. The molecule has 2 atom stereocenters. The molecular formula is C22H26O5. The molecule has 1 saturated carbocycles. The molecular weight excluding hydrogens is 344 g/mol. The average molecular weight is 370 g/mol. The van der Waals surface area contributed by atoms with Crippen LogP contribution in [0.1, 0.15) is 61.3 Å². The lowest BCUT2D eigenvalue weighted by molar-refractivity contribution is -0.0525. The van der Waals surface area contributed by atoms with E-state index in [2.05, 4.69) is 0 Å². The Hall–Kier alpha value is -2.11. The molecule has 2 heterocycles. The summed E-state index contributed by atoms with van der Waals surface area (Å²) in [5, 5.41) is 10.8. The molecule has 1 aliphatic carbocycles. The third kappa shape index (κ3) is 3.94. The SMILES string of the molecule is CCC(CC1OCCO1)c1cc(O)c(C(c2ccccc2)C2CC2)c(=O)o1. The monoisotopic (exact) mass is 370 g/mol. The van der Waals surface area contributed by atoms with Crippen LogP contribution < -0.4 is 5.63 Å². The molecule has 2 aromatic rings. The van der Waals surface area contributed by atoms with E-state index < -0.39 is 5.63 Å². The van der Waals surface area contributed by atoms with Gasteiger partial charge >= 0.3 is 5.63 Å². The van der Waals surface area contributed by atoms with Crippen molar-refractivity contribution in [3.8, 4) is 5.75 Å². The topological polar surface area (TPSA) is 68.9 Å². The summed E-state index contributed by atoms with van der Waals surface area (Å²) in [6, 6.07) is 11.5. The molecule has 0 radical (unpaired) electrons. The lowest BCUT2D eigenvalue weighted by Gasteiger charge is -2.20. The average Bonchev–Trinajstić information content (AvgIpc) is 3.38. The molecule has 2 unspecified atom stereocenters. The number of ether oxygens (including phenoxy) is 2. The van der Waals surface area contributed by atoms with E-state index in [1.54, 1.807) is 6.07 Å². The molecule has 1 aliphatic heterocycles. The van der Waals surface area contributed by atoms with Gasteiger partial charge in [-0.25, -0.2) is 4.79 Å². The number of hydrogen-bond donors (Lipinski definition) is 1. The van der Waals surface area contributed by atoms with Crippen molar-refractivity contribution in [1.82, 2.24) is 0 Å². The van der Waals surface area contributed by atoms with Crippen molar-refractivity contribution in [3.63, 3.8) is 0 Å². The summed E-state index contributed by atoms with van der Waals surface area (Å²) in [6.07, 6.45) is 3.24. The highest BCUT2D eigenvalue weighted by Gasteiger charge is 2.37. The van der Waals surface area contributed by atoms with Gasteiger partial charge in [-0.05, 0) is 30.7 Å². The van der Waals surface area contributed by atoms with Crippen LogP contribution in [0.3, 0.4) is 0 Å². The quantitative estimate of drug-likeness (QED) is 0.793. The number of benzene rings is 1. The molecule has 2 fully saturated rings. The Labute approximate surface area is 158 Å². The second-order valence-corrected chi connectivity index (χ2v) is 7.47. The number of aromatic hydroxyl groups is 1. The lowest BCUT2D eigenvalue weighted by atomic mass is 9.87. The van der Waals surface area contributed by atoms with Crippen molar-refractivity contribution in [1.29, 1.82) is 0 Å². The molecule has 1 N–H and O–H groups in total. The maximum Gasteiger partial charge on any atom is 0.343 e. The summed E-state index contributed by atoms with van der Waals surface area (Å²) in [4.78, 5) is 12.9. The van der Waals surface area contributed by atoms with E-state index in [1.807, 2.05) is 37.3 Å². The predicted molar refractivity (Wildman–Crippen MR) is 101 cm³/mol. The first-order valence-corrected chi connectivity index (χ1v) is 9.82. The van der Waals surface area contributed by atoms with Crippen LogP contribution in [0.15, 0.2) is 45.6 Å². The summed E-state index contributed by atoms with van der Waals surface area (Å²) >= 11 is 0. The molecule has 144 valence electrons. The van der Waals surface area contributed by atoms with Crippen LogP contribution in [0.5, 0.6) is 5.75 Å². The van der Waals surface area contributed by atoms with E-state index >= 15 is 0 Å². The minimum Gasteiger partial charge on any atom is -0.507 e. The smallest absolute Gasteiger partial charge is 0.343 e. The van der Waals surface area contributed by atoms with Crippen molar-refractivity contribution >= 4 is 0 Å². The van der Waals surface area contributed by atoms with Gasteiger partial charge in [0, 0.05) is 24.3 Å². The Kier molecular flexibility index (Phi) is 5.32. The van der Waals surface area contributed by atoms with Crippen LogP contribution in [0.4, 0.5) is 0 Å². The highest BCUT2D eigenvalue weighted by atomic mass is 16.7. The molecule has 1 aromatic carbocycles. The fourth-order valence-electron chi connectivity index (χ4n) is 4.02. The Morgan fingerprint density at radius 2 is 1.85 bits per heavy atom. The summed E-state index contributed by atoms with van der Waals surface area (Å²) in [5.74, 6) is 0.781. The van der Waals surface area contributed by atoms with E-state index in [0.29, 0.717) is 36.9 Å². The second-order valence-electron chi connectivity index (χ2n) is 7.47. The van der Waals surface area contributed by atoms with Gasteiger partial charge in [0.2, 0.25) is 0 Å². The van der Waals surface area contributed by atoms with E-state index in [4.69, 9.17) is 13.9 Å². The largest absolute Gasteiger partial charge is 0.507 e. The van der Waals surface area contributed by atoms with Crippen molar-refractivity contribution in [3.05, 3.63) is 63.7 Å². The van der Waals surface area contributed by atoms with Gasteiger partial charge in [0.25, 0.3) is 0 Å². The fourth-order valence-corrected chi connectivity index (χ4v) is 4.02. The molecule has 0 bridgehead atoms. The highest BCUT2D eigenvalue weighted by Crippen LogP contribution is 2.47. The molecule has 2 aliphatic rings. The Morgan fingerprint density at radius 1 is 1.15 bits per heavy atom. The summed E-state index contributed by atoms with van der Waals surface area (Å²) < 4.78 is 16.8. The van der Waals surface area contributed by atoms with Crippen LogP contribution >= 0.6 is 0 Å². The summed E-state index contributed by atoms with van der Waals surface area (Å²) in [7, 11) is 0. The fraction of sp³-hybridized carbons (Fsp3) is 0.500. The van der Waals surface area contributed by atoms with Gasteiger partial charge in [0.15, 0.2) is 6.29 Å². The third-order valence-electron chi connectivity index (χ3n) is 5.61. The van der Waals surface area contributed by atoms with Crippen LogP contribution in [0.2, 0.25) is 0 Å². The number of hydrogen-bond acceptors (Lipinski definition) is 5. The zero-order valence-electron chi connectivity index (χ0n) is 15.6. The van der Waals surface area contributed by atoms with Crippen LogP contribution in [-0.4, -0.2) is 24.6 Å². The molecule has 27 heavy (non-hydrogen) atoms. The summed E-state index contributed by atoms with van der Waals surface area (Å²) in [5.41, 5.74) is 1.00. The summed E-state index contributed by atoms with van der Waals surface area (Å²) in [6.45, 7) is 3.21. The van der Waals surface area contributed by atoms with E-state index in [1.165, 1.54) is 0 Å². The molecule has 1 saturated heterocycles. The maximum atomic E-state index is 12.9. The molecule has 5 heteroatoms. The zero-order valence-corrected chi connectivity index (χ0v) is 15.6. The minimum absolute atomic E-state index is 0.0307. The van der Waals surface area contributed by atoms with Gasteiger partial charge in [-0.3, -0.25) is 0 Å².